The largest absolute Gasteiger partial charge is 0.467 e. The van der Waals surface area contributed by atoms with Gasteiger partial charge in [0.25, 0.3) is 0 Å². The molecule has 0 aliphatic carbocycles. The van der Waals surface area contributed by atoms with E-state index in [1.165, 1.54) is 7.11 Å². The molecule has 0 unspecified atom stereocenters. The highest BCUT2D eigenvalue weighted by atomic mass is 79.9. The summed E-state index contributed by atoms with van der Waals surface area (Å²) in [5.41, 5.74) is 1.13. The molecule has 0 radical (unpaired) electrons. The summed E-state index contributed by atoms with van der Waals surface area (Å²) in [6, 6.07) is 6.09. The first-order chi connectivity index (χ1) is 9.12. The van der Waals surface area contributed by atoms with Gasteiger partial charge in [0.2, 0.25) is 5.95 Å². The van der Waals surface area contributed by atoms with Gasteiger partial charge in [0.15, 0.2) is 0 Å². The summed E-state index contributed by atoms with van der Waals surface area (Å²) in [6.07, 6.45) is 0. The zero-order valence-electron chi connectivity index (χ0n) is 10.8. The average Bonchev–Trinajstić information content (AvgIpc) is 2.41. The Balaban J connectivity index is 2.31. The van der Waals surface area contributed by atoms with Gasteiger partial charge in [-0.3, -0.25) is 0 Å². The first-order valence-electron chi connectivity index (χ1n) is 5.54. The summed E-state index contributed by atoms with van der Waals surface area (Å²) in [5, 5.41) is 2.82. The molecular formula is C12H13BrN4O2. The highest BCUT2D eigenvalue weighted by Crippen LogP contribution is 2.29. The molecule has 0 saturated heterocycles. The molecule has 7 heteroatoms. The number of hydrogen-bond acceptors (Lipinski definition) is 6. The normalized spacial score (nSPS) is 10.1. The lowest BCUT2D eigenvalue weighted by Crippen LogP contribution is -2.03. The molecular weight excluding hydrogens is 312 g/mol. The zero-order chi connectivity index (χ0) is 13.8. The predicted octanol–water partition coefficient (Wildman–Crippen LogP) is 2.79. The van der Waals surface area contributed by atoms with Crippen LogP contribution >= 0.6 is 15.9 Å². The Kier molecular flexibility index (Phi) is 4.16. The van der Waals surface area contributed by atoms with E-state index in [-0.39, 0.29) is 12.0 Å². The number of anilines is 1. The van der Waals surface area contributed by atoms with Crippen LogP contribution < -0.4 is 14.8 Å². The Hall–Kier alpha value is -1.89. The lowest BCUT2D eigenvalue weighted by Gasteiger charge is -2.08. The standard InChI is InChI=1S/C12H13BrN4O2/c1-7-4-5-9(8(13)6-7)19-12-16-10(14-2)15-11(17-12)18-3/h4-6H,1-3H3,(H,14,15,16,17). The molecule has 19 heavy (non-hydrogen) atoms. The second kappa shape index (κ2) is 5.83. The van der Waals surface area contributed by atoms with Crippen molar-refractivity contribution in [2.24, 2.45) is 0 Å². The molecule has 0 aliphatic rings. The van der Waals surface area contributed by atoms with E-state index >= 15 is 0 Å². The van der Waals surface area contributed by atoms with E-state index in [1.807, 2.05) is 25.1 Å². The van der Waals surface area contributed by atoms with E-state index in [4.69, 9.17) is 9.47 Å². The molecule has 0 saturated carbocycles. The maximum atomic E-state index is 5.62. The SMILES string of the molecule is CNc1nc(OC)nc(Oc2ccc(C)cc2Br)n1. The first kappa shape index (κ1) is 13.5. The van der Waals surface area contributed by atoms with Crippen molar-refractivity contribution in [3.05, 3.63) is 28.2 Å². The molecule has 0 fully saturated rings. The number of nitrogens with zero attached hydrogens (tertiary/aromatic N) is 3. The molecule has 2 aromatic rings. The molecule has 1 N–H and O–H groups in total. The number of benzene rings is 1. The van der Waals surface area contributed by atoms with Crippen LogP contribution in [0.15, 0.2) is 22.7 Å². The molecule has 0 spiro atoms. The maximum absolute atomic E-state index is 5.62. The summed E-state index contributed by atoms with van der Waals surface area (Å²) in [6.45, 7) is 2.00. The molecule has 0 atom stereocenters. The van der Waals surface area contributed by atoms with Crippen LogP contribution in [-0.4, -0.2) is 29.1 Å². The van der Waals surface area contributed by atoms with Crippen LogP contribution in [0.3, 0.4) is 0 Å². The fourth-order valence-electron chi connectivity index (χ4n) is 1.37. The predicted molar refractivity (Wildman–Crippen MR) is 74.9 cm³/mol. The van der Waals surface area contributed by atoms with Crippen molar-refractivity contribution in [1.82, 2.24) is 15.0 Å². The quantitative estimate of drug-likeness (QED) is 0.932. The van der Waals surface area contributed by atoms with Gasteiger partial charge in [0.05, 0.1) is 11.6 Å². The molecule has 0 bridgehead atoms. The first-order valence-corrected chi connectivity index (χ1v) is 6.33. The second-order valence-corrected chi connectivity index (χ2v) is 4.57. The number of methoxy groups -OCH3 is 1. The van der Waals surface area contributed by atoms with E-state index in [1.54, 1.807) is 7.05 Å². The molecule has 100 valence electrons. The Bertz CT molecular complexity index is 570. The Labute approximate surface area is 119 Å². The minimum Gasteiger partial charge on any atom is -0.467 e. The van der Waals surface area contributed by atoms with Crippen LogP contribution in [0.1, 0.15) is 5.56 Å². The Morgan fingerprint density at radius 1 is 1.16 bits per heavy atom. The van der Waals surface area contributed by atoms with Gasteiger partial charge in [-0.05, 0) is 40.5 Å². The van der Waals surface area contributed by atoms with Crippen LogP contribution in [0, 0.1) is 6.92 Å². The van der Waals surface area contributed by atoms with Crippen molar-refractivity contribution in [1.29, 1.82) is 0 Å². The van der Waals surface area contributed by atoms with Crippen molar-refractivity contribution in [2.75, 3.05) is 19.5 Å². The molecule has 1 heterocycles. The number of aromatic nitrogens is 3. The summed E-state index contributed by atoms with van der Waals surface area (Å²) in [4.78, 5) is 12.1. The Morgan fingerprint density at radius 3 is 2.53 bits per heavy atom. The highest BCUT2D eigenvalue weighted by Gasteiger charge is 2.10. The van der Waals surface area contributed by atoms with Gasteiger partial charge in [-0.25, -0.2) is 0 Å². The van der Waals surface area contributed by atoms with Crippen LogP contribution in [-0.2, 0) is 0 Å². The topological polar surface area (TPSA) is 69.2 Å². The van der Waals surface area contributed by atoms with Gasteiger partial charge in [-0.1, -0.05) is 6.07 Å². The van der Waals surface area contributed by atoms with E-state index in [2.05, 4.69) is 36.2 Å². The smallest absolute Gasteiger partial charge is 0.330 e. The third-order valence-corrected chi connectivity index (χ3v) is 2.91. The van der Waals surface area contributed by atoms with Gasteiger partial charge in [-0.2, -0.15) is 9.97 Å². The van der Waals surface area contributed by atoms with Gasteiger partial charge in [0.1, 0.15) is 5.75 Å². The number of nitrogens with one attached hydrogen (secondary N) is 1. The van der Waals surface area contributed by atoms with Crippen LogP contribution in [0.2, 0.25) is 0 Å². The van der Waals surface area contributed by atoms with Crippen molar-refractivity contribution in [2.45, 2.75) is 6.92 Å². The molecule has 1 aromatic heterocycles. The van der Waals surface area contributed by atoms with Gasteiger partial charge >= 0.3 is 12.0 Å². The average molecular weight is 325 g/mol. The lowest BCUT2D eigenvalue weighted by molar-refractivity contribution is 0.360. The van der Waals surface area contributed by atoms with Gasteiger partial charge in [0, 0.05) is 7.05 Å². The van der Waals surface area contributed by atoms with E-state index in [9.17, 15) is 0 Å². The Morgan fingerprint density at radius 2 is 1.89 bits per heavy atom. The number of halogens is 1. The number of hydrogen-bond donors (Lipinski definition) is 1. The van der Waals surface area contributed by atoms with Gasteiger partial charge < -0.3 is 14.8 Å². The minimum absolute atomic E-state index is 0.167. The monoisotopic (exact) mass is 324 g/mol. The van der Waals surface area contributed by atoms with Crippen molar-refractivity contribution in [3.63, 3.8) is 0 Å². The molecule has 0 aliphatic heterocycles. The summed E-state index contributed by atoms with van der Waals surface area (Å²) in [7, 11) is 3.20. The fraction of sp³-hybridized carbons (Fsp3) is 0.250. The van der Waals surface area contributed by atoms with Crippen molar-refractivity contribution in [3.8, 4) is 17.8 Å². The third kappa shape index (κ3) is 3.31. The number of rotatable bonds is 4. The summed E-state index contributed by atoms with van der Waals surface area (Å²) in [5.74, 6) is 1.01. The summed E-state index contributed by atoms with van der Waals surface area (Å²) < 4.78 is 11.4. The fourth-order valence-corrected chi connectivity index (χ4v) is 1.95. The number of aryl methyl sites for hydroxylation is 1. The van der Waals surface area contributed by atoms with Crippen LogP contribution in [0.25, 0.3) is 0 Å². The molecule has 1 aromatic carbocycles. The maximum Gasteiger partial charge on any atom is 0.330 e. The third-order valence-electron chi connectivity index (χ3n) is 2.29. The molecule has 6 nitrogen and oxygen atoms in total. The zero-order valence-corrected chi connectivity index (χ0v) is 12.4. The van der Waals surface area contributed by atoms with Crippen LogP contribution in [0.4, 0.5) is 5.95 Å². The number of ether oxygens (including phenoxy) is 2. The minimum atomic E-state index is 0.167. The molecule has 2 rings (SSSR count). The highest BCUT2D eigenvalue weighted by molar-refractivity contribution is 9.10. The second-order valence-electron chi connectivity index (χ2n) is 3.71. The van der Waals surface area contributed by atoms with Gasteiger partial charge in [-0.15, -0.1) is 4.98 Å². The van der Waals surface area contributed by atoms with E-state index in [0.29, 0.717) is 11.7 Å². The lowest BCUT2D eigenvalue weighted by atomic mass is 10.2. The molecule has 0 amide bonds. The van der Waals surface area contributed by atoms with E-state index in [0.717, 1.165) is 10.0 Å². The van der Waals surface area contributed by atoms with Crippen molar-refractivity contribution >= 4 is 21.9 Å². The van der Waals surface area contributed by atoms with Crippen molar-refractivity contribution < 1.29 is 9.47 Å². The van der Waals surface area contributed by atoms with Crippen LogP contribution in [0.5, 0.6) is 17.8 Å². The van der Waals surface area contributed by atoms with E-state index < -0.39 is 0 Å². The summed E-state index contributed by atoms with van der Waals surface area (Å²) >= 11 is 3.43.